The molecule has 0 fully saturated rings. The second kappa shape index (κ2) is 5.62. The molecule has 2 aromatic carbocycles. The lowest BCUT2D eigenvalue weighted by Crippen LogP contribution is -2.27. The molecule has 0 amide bonds. The predicted molar refractivity (Wildman–Crippen MR) is 82.3 cm³/mol. The van der Waals surface area contributed by atoms with Gasteiger partial charge in [0.2, 0.25) is 5.78 Å². The first kappa shape index (κ1) is 13.7. The van der Waals surface area contributed by atoms with Crippen molar-refractivity contribution in [1.29, 1.82) is 0 Å². The zero-order valence-electron chi connectivity index (χ0n) is 11.2. The maximum atomic E-state index is 12.3. The SMILES string of the molecule is O=C1CC(=NCc2cccc(Cl)c2)C(=O)c2ccccc21. The van der Waals surface area contributed by atoms with E-state index in [1.54, 1.807) is 36.4 Å². The molecule has 104 valence electrons. The molecule has 21 heavy (non-hydrogen) atoms. The second-order valence-corrected chi connectivity index (χ2v) is 5.30. The van der Waals surface area contributed by atoms with Crippen molar-refractivity contribution in [2.75, 3.05) is 0 Å². The molecule has 3 rings (SSSR count). The lowest BCUT2D eigenvalue weighted by atomic mass is 9.88. The van der Waals surface area contributed by atoms with Gasteiger partial charge >= 0.3 is 0 Å². The molecule has 0 aromatic heterocycles. The van der Waals surface area contributed by atoms with Gasteiger partial charge in [-0.05, 0) is 17.7 Å². The Morgan fingerprint density at radius 1 is 1.00 bits per heavy atom. The van der Waals surface area contributed by atoms with E-state index < -0.39 is 0 Å². The molecular weight excluding hydrogens is 286 g/mol. The first-order valence-corrected chi connectivity index (χ1v) is 6.97. The first-order chi connectivity index (χ1) is 10.1. The molecule has 1 aliphatic carbocycles. The first-order valence-electron chi connectivity index (χ1n) is 6.60. The fourth-order valence-corrected chi connectivity index (χ4v) is 2.57. The summed E-state index contributed by atoms with van der Waals surface area (Å²) in [6.45, 7) is 0.344. The molecule has 4 heteroatoms. The van der Waals surface area contributed by atoms with Crippen LogP contribution in [0.15, 0.2) is 53.5 Å². The molecule has 3 nitrogen and oxygen atoms in total. The largest absolute Gasteiger partial charge is 0.294 e. The lowest BCUT2D eigenvalue weighted by molar-refractivity contribution is 0.0964. The van der Waals surface area contributed by atoms with E-state index in [1.165, 1.54) is 0 Å². The number of carbonyl (C=O) groups is 2. The molecule has 0 atom stereocenters. The van der Waals surface area contributed by atoms with Crippen LogP contribution in [0.2, 0.25) is 5.02 Å². The van der Waals surface area contributed by atoms with E-state index >= 15 is 0 Å². The van der Waals surface area contributed by atoms with Gasteiger partial charge in [-0.3, -0.25) is 14.6 Å². The summed E-state index contributed by atoms with van der Waals surface area (Å²) in [4.78, 5) is 28.7. The highest BCUT2D eigenvalue weighted by molar-refractivity contribution is 6.52. The van der Waals surface area contributed by atoms with E-state index in [-0.39, 0.29) is 18.0 Å². The molecule has 0 N–H and O–H groups in total. The Morgan fingerprint density at radius 2 is 1.76 bits per heavy atom. The summed E-state index contributed by atoms with van der Waals surface area (Å²) >= 11 is 5.92. The molecule has 2 aromatic rings. The number of benzene rings is 2. The Morgan fingerprint density at radius 3 is 2.52 bits per heavy atom. The molecule has 0 spiro atoms. The Balaban J connectivity index is 1.89. The molecule has 0 saturated heterocycles. The highest BCUT2D eigenvalue weighted by atomic mass is 35.5. The zero-order chi connectivity index (χ0) is 14.8. The van der Waals surface area contributed by atoms with Gasteiger partial charge in [0.1, 0.15) is 0 Å². The summed E-state index contributed by atoms with van der Waals surface area (Å²) in [6.07, 6.45) is 0.0659. The number of hydrogen-bond acceptors (Lipinski definition) is 3. The smallest absolute Gasteiger partial charge is 0.207 e. The number of hydrogen-bond donors (Lipinski definition) is 0. The Kier molecular flexibility index (Phi) is 3.67. The van der Waals surface area contributed by atoms with Crippen molar-refractivity contribution < 1.29 is 9.59 Å². The van der Waals surface area contributed by atoms with Gasteiger partial charge in [-0.15, -0.1) is 0 Å². The molecule has 0 heterocycles. The molecule has 0 saturated carbocycles. The second-order valence-electron chi connectivity index (χ2n) is 4.87. The highest BCUT2D eigenvalue weighted by Crippen LogP contribution is 2.20. The molecule has 0 radical (unpaired) electrons. The van der Waals surface area contributed by atoms with Crippen LogP contribution >= 0.6 is 11.6 Å². The molecule has 1 aliphatic rings. The minimum absolute atomic E-state index is 0.0601. The number of nitrogens with zero attached hydrogens (tertiary/aromatic N) is 1. The van der Waals surface area contributed by atoms with Crippen LogP contribution in [0.5, 0.6) is 0 Å². The molecule has 0 aliphatic heterocycles. The average molecular weight is 298 g/mol. The van der Waals surface area contributed by atoms with Crippen LogP contribution in [-0.2, 0) is 6.54 Å². The van der Waals surface area contributed by atoms with Gasteiger partial charge in [-0.25, -0.2) is 0 Å². The van der Waals surface area contributed by atoms with Crippen molar-refractivity contribution in [2.24, 2.45) is 4.99 Å². The van der Waals surface area contributed by atoms with Crippen LogP contribution < -0.4 is 0 Å². The van der Waals surface area contributed by atoms with Crippen LogP contribution in [0.25, 0.3) is 0 Å². The Bertz CT molecular complexity index is 765. The summed E-state index contributed by atoms with van der Waals surface area (Å²) in [5.41, 5.74) is 2.16. The Labute approximate surface area is 127 Å². The van der Waals surface area contributed by atoms with E-state index in [4.69, 9.17) is 11.6 Å². The third-order valence-corrected chi connectivity index (χ3v) is 3.64. The normalized spacial score (nSPS) is 16.1. The van der Waals surface area contributed by atoms with Crippen molar-refractivity contribution in [2.45, 2.75) is 13.0 Å². The van der Waals surface area contributed by atoms with Crippen LogP contribution in [0.4, 0.5) is 0 Å². The van der Waals surface area contributed by atoms with E-state index in [9.17, 15) is 9.59 Å². The van der Waals surface area contributed by atoms with Gasteiger partial charge in [-0.1, -0.05) is 48.0 Å². The number of halogens is 1. The van der Waals surface area contributed by atoms with Crippen LogP contribution in [-0.4, -0.2) is 17.3 Å². The number of Topliss-reactive ketones (excluding diaryl/α,β-unsaturated/α-hetero) is 2. The van der Waals surface area contributed by atoms with Crippen molar-refractivity contribution in [3.05, 3.63) is 70.2 Å². The predicted octanol–water partition coefficient (Wildman–Crippen LogP) is 3.75. The quantitative estimate of drug-likeness (QED) is 0.847. The maximum absolute atomic E-state index is 12.3. The van der Waals surface area contributed by atoms with Crippen molar-refractivity contribution >= 4 is 28.9 Å². The minimum atomic E-state index is -0.160. The van der Waals surface area contributed by atoms with Crippen molar-refractivity contribution in [3.63, 3.8) is 0 Å². The lowest BCUT2D eigenvalue weighted by Gasteiger charge is -2.15. The molecule has 0 unspecified atom stereocenters. The van der Waals surface area contributed by atoms with Crippen molar-refractivity contribution in [3.8, 4) is 0 Å². The number of carbonyl (C=O) groups excluding carboxylic acids is 2. The van der Waals surface area contributed by atoms with Gasteiger partial charge in [-0.2, -0.15) is 0 Å². The van der Waals surface area contributed by atoms with Gasteiger partial charge < -0.3 is 0 Å². The Hall–Kier alpha value is -2.26. The summed E-state index contributed by atoms with van der Waals surface area (Å²) in [5, 5.41) is 0.629. The number of ketones is 2. The van der Waals surface area contributed by atoms with E-state index in [0.717, 1.165) is 5.56 Å². The van der Waals surface area contributed by atoms with E-state index in [2.05, 4.69) is 4.99 Å². The highest BCUT2D eigenvalue weighted by Gasteiger charge is 2.28. The van der Waals surface area contributed by atoms with E-state index in [0.29, 0.717) is 28.4 Å². The summed E-state index contributed by atoms with van der Waals surface area (Å²) in [6, 6.07) is 14.2. The van der Waals surface area contributed by atoms with E-state index in [1.807, 2.05) is 12.1 Å². The zero-order valence-corrected chi connectivity index (χ0v) is 11.9. The maximum Gasteiger partial charge on any atom is 0.207 e. The van der Waals surface area contributed by atoms with Gasteiger partial charge in [0.05, 0.1) is 18.7 Å². The third-order valence-electron chi connectivity index (χ3n) is 3.40. The third kappa shape index (κ3) is 2.78. The standard InChI is InChI=1S/C17H12ClNO2/c18-12-5-3-4-11(8-12)10-19-15-9-16(20)13-6-1-2-7-14(13)17(15)21/h1-8H,9-10H2. The van der Waals surface area contributed by atoms with Crippen LogP contribution in [0.1, 0.15) is 32.7 Å². The summed E-state index contributed by atoms with van der Waals surface area (Å²) in [7, 11) is 0. The van der Waals surface area contributed by atoms with Crippen molar-refractivity contribution in [1.82, 2.24) is 0 Å². The fourth-order valence-electron chi connectivity index (χ4n) is 2.36. The number of fused-ring (bicyclic) bond motifs is 1. The summed E-state index contributed by atoms with van der Waals surface area (Å²) < 4.78 is 0. The topological polar surface area (TPSA) is 46.5 Å². The number of rotatable bonds is 2. The van der Waals surface area contributed by atoms with Gasteiger partial charge in [0.15, 0.2) is 5.78 Å². The molecule has 0 bridgehead atoms. The average Bonchev–Trinajstić information content (AvgIpc) is 2.50. The fraction of sp³-hybridized carbons (Fsp3) is 0.118. The number of aliphatic imine (C=N–C) groups is 1. The van der Waals surface area contributed by atoms with Gasteiger partial charge in [0, 0.05) is 16.1 Å². The summed E-state index contributed by atoms with van der Waals surface area (Å²) in [5.74, 6) is -0.220. The van der Waals surface area contributed by atoms with Gasteiger partial charge in [0.25, 0.3) is 0 Å². The van der Waals surface area contributed by atoms with Crippen LogP contribution in [0, 0.1) is 0 Å². The minimum Gasteiger partial charge on any atom is -0.294 e. The monoisotopic (exact) mass is 297 g/mol. The van der Waals surface area contributed by atoms with Crippen LogP contribution in [0.3, 0.4) is 0 Å². The molecular formula is C17H12ClNO2.